The fraction of sp³-hybridized carbons (Fsp3) is 0.333. The van der Waals surface area contributed by atoms with Crippen LogP contribution in [0.3, 0.4) is 0 Å². The number of aromatic nitrogens is 3. The fourth-order valence-corrected chi connectivity index (χ4v) is 4.24. The van der Waals surface area contributed by atoms with Crippen molar-refractivity contribution >= 4 is 37.5 Å². The predicted molar refractivity (Wildman–Crippen MR) is 111 cm³/mol. The van der Waals surface area contributed by atoms with Crippen LogP contribution in [-0.4, -0.2) is 33.1 Å². The van der Waals surface area contributed by atoms with Crippen LogP contribution in [-0.2, 0) is 34.5 Å². The van der Waals surface area contributed by atoms with Crippen LogP contribution in [0.2, 0.25) is 0 Å². The van der Waals surface area contributed by atoms with Crippen molar-refractivity contribution < 1.29 is 26.4 Å². The van der Waals surface area contributed by atoms with Crippen molar-refractivity contribution in [3.8, 4) is 5.69 Å². The third kappa shape index (κ3) is 4.46. The Kier molecular flexibility index (Phi) is 6.04. The van der Waals surface area contributed by atoms with Gasteiger partial charge in [-0.2, -0.15) is 17.5 Å². The molecule has 0 aliphatic rings. The molecule has 32 heavy (non-hydrogen) atoms. The van der Waals surface area contributed by atoms with Gasteiger partial charge in [0, 0.05) is 18.5 Å². The summed E-state index contributed by atoms with van der Waals surface area (Å²) in [5.41, 5.74) is -3.58. The van der Waals surface area contributed by atoms with Gasteiger partial charge in [-0.25, -0.2) is 17.8 Å². The van der Waals surface area contributed by atoms with Gasteiger partial charge in [0.25, 0.3) is 5.56 Å². The summed E-state index contributed by atoms with van der Waals surface area (Å²) in [5, 5.41) is -0.466. The lowest BCUT2D eigenvalue weighted by Crippen LogP contribution is -2.40. The number of alkyl halides is 3. The van der Waals surface area contributed by atoms with Gasteiger partial charge in [-0.05, 0) is 43.6 Å². The smallest absolute Gasteiger partial charge is 0.292 e. The molecule has 0 spiro atoms. The highest BCUT2D eigenvalue weighted by atomic mass is 32.2. The Labute approximate surface area is 183 Å². The number of hydrogen-bond donors (Lipinski definition) is 1. The van der Waals surface area contributed by atoms with Gasteiger partial charge in [0.2, 0.25) is 15.9 Å². The van der Waals surface area contributed by atoms with Crippen molar-refractivity contribution in [2.45, 2.75) is 31.7 Å². The Bertz CT molecular complexity index is 1440. The lowest BCUT2D eigenvalue weighted by molar-refractivity contribution is -0.144. The summed E-state index contributed by atoms with van der Waals surface area (Å²) >= 11 is 1.00. The highest BCUT2D eigenvalue weighted by molar-refractivity contribution is 7.90. The summed E-state index contributed by atoms with van der Waals surface area (Å²) in [7, 11) is -2.94. The summed E-state index contributed by atoms with van der Waals surface area (Å²) in [4.78, 5) is 37.0. The molecular weight excluding hydrogens is 473 g/mol. The van der Waals surface area contributed by atoms with Gasteiger partial charge >= 0.3 is 11.9 Å². The van der Waals surface area contributed by atoms with Gasteiger partial charge in [-0.3, -0.25) is 18.9 Å². The second-order valence-electron chi connectivity index (χ2n) is 7.15. The molecule has 0 radical (unpaired) electrons. The minimum absolute atomic E-state index is 0.0199. The third-order valence-electron chi connectivity index (χ3n) is 4.60. The average Bonchev–Trinajstić information content (AvgIpc) is 3.05. The Hall–Kier alpha value is -3.00. The van der Waals surface area contributed by atoms with Crippen molar-refractivity contribution in [1.82, 2.24) is 18.2 Å². The number of nitrogens with zero attached hydrogens (tertiary/aromatic N) is 3. The van der Waals surface area contributed by atoms with Crippen LogP contribution in [0.25, 0.3) is 15.8 Å². The van der Waals surface area contributed by atoms with Gasteiger partial charge in [0.1, 0.15) is 5.69 Å². The number of benzene rings is 1. The van der Waals surface area contributed by atoms with E-state index in [0.29, 0.717) is 25.3 Å². The third-order valence-corrected chi connectivity index (χ3v) is 7.22. The van der Waals surface area contributed by atoms with E-state index in [9.17, 15) is 36.0 Å². The molecule has 0 atom stereocenters. The lowest BCUT2D eigenvalue weighted by atomic mass is 10.1. The van der Waals surface area contributed by atoms with Gasteiger partial charge in [-0.1, -0.05) is 0 Å². The minimum Gasteiger partial charge on any atom is -0.292 e. The molecule has 0 saturated heterocycles. The van der Waals surface area contributed by atoms with Crippen LogP contribution in [0.5, 0.6) is 0 Å². The second-order valence-corrected chi connectivity index (χ2v) is 10.2. The van der Waals surface area contributed by atoms with Crippen molar-refractivity contribution in [2.75, 3.05) is 0 Å². The molecule has 1 aromatic carbocycles. The van der Waals surface area contributed by atoms with Crippen molar-refractivity contribution in [3.05, 3.63) is 56.5 Å². The molecule has 0 saturated carbocycles. The first-order chi connectivity index (χ1) is 14.7. The normalized spacial score (nSPS) is 12.5. The standard InChI is InChI=1S/C18H17F3N4O5S2/c1-9(2)32(29,30)23-15(26)7-12-11-6-10(4-5-13(11)31-22-12)25-16(27)8-14(18(19,20)21)24(3)17(25)28/h4-6,8-9H,7H2,1-3H3,(H,23,26). The van der Waals surface area contributed by atoms with E-state index in [1.54, 1.807) is 0 Å². The minimum atomic E-state index is -4.88. The molecule has 3 aromatic rings. The quantitative estimate of drug-likeness (QED) is 0.580. The summed E-state index contributed by atoms with van der Waals surface area (Å²) in [6.07, 6.45) is -5.28. The monoisotopic (exact) mass is 490 g/mol. The Balaban J connectivity index is 2.05. The maximum Gasteiger partial charge on any atom is 0.431 e. The second kappa shape index (κ2) is 8.16. The van der Waals surface area contributed by atoms with Crippen molar-refractivity contribution in [1.29, 1.82) is 0 Å². The summed E-state index contributed by atoms with van der Waals surface area (Å²) < 4.78 is 70.4. The molecule has 3 rings (SSSR count). The first-order valence-corrected chi connectivity index (χ1v) is 11.4. The predicted octanol–water partition coefficient (Wildman–Crippen LogP) is 1.56. The number of rotatable bonds is 5. The largest absolute Gasteiger partial charge is 0.431 e. The van der Waals surface area contributed by atoms with Gasteiger partial charge in [-0.15, -0.1) is 0 Å². The van der Waals surface area contributed by atoms with Gasteiger partial charge < -0.3 is 0 Å². The summed E-state index contributed by atoms with van der Waals surface area (Å²) in [5.74, 6) is -0.820. The molecule has 9 nitrogen and oxygen atoms in total. The first-order valence-electron chi connectivity index (χ1n) is 9.06. The highest BCUT2D eigenvalue weighted by Crippen LogP contribution is 2.28. The van der Waals surface area contributed by atoms with Gasteiger partial charge in [0.05, 0.1) is 27.8 Å². The molecule has 1 N–H and O–H groups in total. The lowest BCUT2D eigenvalue weighted by Gasteiger charge is -2.14. The Morgan fingerprint density at radius 1 is 1.22 bits per heavy atom. The maximum absolute atomic E-state index is 13.1. The molecule has 0 unspecified atom stereocenters. The first kappa shape index (κ1) is 23.7. The molecule has 0 aliphatic heterocycles. The topological polar surface area (TPSA) is 120 Å². The zero-order valence-electron chi connectivity index (χ0n) is 16.9. The van der Waals surface area contributed by atoms with Crippen LogP contribution in [0.15, 0.2) is 33.9 Å². The Morgan fingerprint density at radius 2 is 1.88 bits per heavy atom. The van der Waals surface area contributed by atoms with Crippen molar-refractivity contribution in [2.24, 2.45) is 7.05 Å². The van der Waals surface area contributed by atoms with E-state index in [4.69, 9.17) is 0 Å². The van der Waals surface area contributed by atoms with Crippen LogP contribution >= 0.6 is 11.5 Å². The molecule has 172 valence electrons. The average molecular weight is 490 g/mol. The van der Waals surface area contributed by atoms with E-state index in [1.165, 1.54) is 32.0 Å². The Morgan fingerprint density at radius 3 is 2.47 bits per heavy atom. The SMILES string of the molecule is CC(C)S(=O)(=O)NC(=O)Cc1nsc2ccc(-n3c(=O)cc(C(F)(F)F)n(C)c3=O)cc12. The molecule has 1 amide bonds. The fourth-order valence-electron chi connectivity index (χ4n) is 2.84. The summed E-state index contributed by atoms with van der Waals surface area (Å²) in [6, 6.07) is 4.53. The molecular formula is C18H17F3N4O5S2. The molecule has 14 heteroatoms. The van der Waals surface area contributed by atoms with Crippen LogP contribution in [0, 0.1) is 0 Å². The molecule has 0 bridgehead atoms. The maximum atomic E-state index is 13.1. The van der Waals surface area contributed by atoms with E-state index < -0.39 is 50.7 Å². The number of hydrogen-bond acceptors (Lipinski definition) is 7. The number of sulfonamides is 1. The van der Waals surface area contributed by atoms with Crippen LogP contribution < -0.4 is 16.0 Å². The van der Waals surface area contributed by atoms with E-state index in [1.807, 2.05) is 4.72 Å². The zero-order chi connectivity index (χ0) is 24.0. The number of amides is 1. The number of carbonyl (C=O) groups excluding carboxylic acids is 1. The number of fused-ring (bicyclic) bond motifs is 1. The molecule has 2 heterocycles. The molecule has 0 fully saturated rings. The van der Waals surface area contributed by atoms with Crippen LogP contribution in [0.4, 0.5) is 13.2 Å². The number of nitrogens with one attached hydrogen (secondary N) is 1. The number of halogens is 3. The number of carbonyl (C=O) groups is 1. The van der Waals surface area contributed by atoms with E-state index >= 15 is 0 Å². The van der Waals surface area contributed by atoms with E-state index in [-0.39, 0.29) is 11.4 Å². The van der Waals surface area contributed by atoms with Crippen LogP contribution in [0.1, 0.15) is 25.2 Å². The van der Waals surface area contributed by atoms with E-state index in [2.05, 4.69) is 4.37 Å². The van der Waals surface area contributed by atoms with Crippen molar-refractivity contribution in [3.63, 3.8) is 0 Å². The highest BCUT2D eigenvalue weighted by Gasteiger charge is 2.35. The van der Waals surface area contributed by atoms with Gasteiger partial charge in [0.15, 0.2) is 0 Å². The summed E-state index contributed by atoms with van der Waals surface area (Å²) in [6.45, 7) is 2.81. The molecule has 0 aliphatic carbocycles. The molecule has 2 aromatic heterocycles. The van der Waals surface area contributed by atoms with E-state index in [0.717, 1.165) is 18.6 Å². The zero-order valence-corrected chi connectivity index (χ0v) is 18.6.